The van der Waals surface area contributed by atoms with Crippen LogP contribution in [0.1, 0.15) is 24.4 Å². The first-order valence-electron chi connectivity index (χ1n) is 11.6. The molecule has 6 rings (SSSR count). The molecule has 1 aliphatic heterocycles. The molecule has 1 saturated heterocycles. The lowest BCUT2D eigenvalue weighted by Crippen LogP contribution is -2.18. The second-order valence-corrected chi connectivity index (χ2v) is 9.12. The Hall–Kier alpha value is -3.36. The molecule has 1 aliphatic rings. The van der Waals surface area contributed by atoms with E-state index in [4.69, 9.17) is 0 Å². The summed E-state index contributed by atoms with van der Waals surface area (Å²) in [7, 11) is 4.47. The van der Waals surface area contributed by atoms with E-state index in [1.165, 1.54) is 69.0 Å². The topological polar surface area (TPSA) is 8.17 Å². The van der Waals surface area contributed by atoms with Crippen molar-refractivity contribution < 1.29 is 0 Å². The Morgan fingerprint density at radius 3 is 2.03 bits per heavy atom. The van der Waals surface area contributed by atoms with E-state index in [0.717, 1.165) is 0 Å². The molecular weight excluding hydrogens is 388 g/mol. The molecule has 0 radical (unpaired) electrons. The molecule has 1 fully saturated rings. The van der Waals surface area contributed by atoms with E-state index in [9.17, 15) is 0 Å². The maximum Gasteiger partial charge on any atom is 0.0492 e. The fourth-order valence-corrected chi connectivity index (χ4v) is 5.53. The minimum Gasteiger partial charge on any atom is -0.344 e. The zero-order chi connectivity index (χ0) is 21.7. The van der Waals surface area contributed by atoms with Gasteiger partial charge in [-0.1, -0.05) is 66.7 Å². The molecule has 2 heteroatoms. The Morgan fingerprint density at radius 2 is 1.34 bits per heavy atom. The number of fused-ring (bicyclic) bond motifs is 3. The van der Waals surface area contributed by atoms with Crippen molar-refractivity contribution in [1.82, 2.24) is 9.47 Å². The predicted molar refractivity (Wildman–Crippen MR) is 136 cm³/mol. The third-order valence-corrected chi connectivity index (χ3v) is 7.25. The SMILES string of the molecule is CN1CCCC1c1cc2c(cc1-c1ccccc1)c1cc(-c3ccccc3)ccc1n2C. The summed E-state index contributed by atoms with van der Waals surface area (Å²) in [5, 5.41) is 2.66. The first-order chi connectivity index (χ1) is 15.7. The van der Waals surface area contributed by atoms with Crippen LogP contribution in [0.25, 0.3) is 44.1 Å². The monoisotopic (exact) mass is 416 g/mol. The first-order valence-corrected chi connectivity index (χ1v) is 11.6. The molecule has 0 bridgehead atoms. The first kappa shape index (κ1) is 19.3. The van der Waals surface area contributed by atoms with Crippen LogP contribution in [0.5, 0.6) is 0 Å². The van der Waals surface area contributed by atoms with Gasteiger partial charge in [0.15, 0.2) is 0 Å². The van der Waals surface area contributed by atoms with Gasteiger partial charge in [0.05, 0.1) is 0 Å². The highest BCUT2D eigenvalue weighted by Crippen LogP contribution is 2.42. The summed E-state index contributed by atoms with van der Waals surface area (Å²) in [6, 6.07) is 33.9. The van der Waals surface area contributed by atoms with Gasteiger partial charge in [-0.05, 0) is 78.5 Å². The van der Waals surface area contributed by atoms with Gasteiger partial charge in [0.1, 0.15) is 0 Å². The lowest BCUT2D eigenvalue weighted by atomic mass is 9.91. The van der Waals surface area contributed by atoms with Crippen LogP contribution in [0.4, 0.5) is 0 Å². The highest BCUT2D eigenvalue weighted by atomic mass is 15.1. The van der Waals surface area contributed by atoms with Gasteiger partial charge in [-0.25, -0.2) is 0 Å². The van der Waals surface area contributed by atoms with Crippen molar-refractivity contribution in [1.29, 1.82) is 0 Å². The third kappa shape index (κ3) is 3.06. The fourth-order valence-electron chi connectivity index (χ4n) is 5.53. The second kappa shape index (κ2) is 7.65. The Morgan fingerprint density at radius 1 is 0.656 bits per heavy atom. The standard InChI is InChI=1S/C30H28N2/c1-31-17-9-14-28(31)27-20-30-26(19-24(27)22-12-7-4-8-13-22)25-18-23(15-16-29(25)32(30)2)21-10-5-3-6-11-21/h3-8,10-13,15-16,18-20,28H,9,14,17H2,1-2H3. The molecule has 158 valence electrons. The Labute approximate surface area is 189 Å². The van der Waals surface area contributed by atoms with E-state index in [1.54, 1.807) is 0 Å². The maximum absolute atomic E-state index is 2.52. The van der Waals surface area contributed by atoms with Crippen molar-refractivity contribution >= 4 is 21.8 Å². The van der Waals surface area contributed by atoms with Gasteiger partial charge < -0.3 is 4.57 Å². The number of hydrogen-bond donors (Lipinski definition) is 0. The minimum atomic E-state index is 0.479. The van der Waals surface area contributed by atoms with E-state index in [0.29, 0.717) is 6.04 Å². The zero-order valence-corrected chi connectivity index (χ0v) is 18.8. The highest BCUT2D eigenvalue weighted by molar-refractivity contribution is 6.11. The van der Waals surface area contributed by atoms with E-state index in [1.807, 2.05) is 0 Å². The normalized spacial score (nSPS) is 16.9. The Balaban J connectivity index is 1.64. The minimum absolute atomic E-state index is 0.479. The Kier molecular flexibility index (Phi) is 4.62. The van der Waals surface area contributed by atoms with Gasteiger partial charge in [0.25, 0.3) is 0 Å². The molecule has 0 saturated carbocycles. The number of nitrogens with zero attached hydrogens (tertiary/aromatic N) is 2. The van der Waals surface area contributed by atoms with Gasteiger partial charge >= 0.3 is 0 Å². The molecule has 32 heavy (non-hydrogen) atoms. The van der Waals surface area contributed by atoms with Crippen LogP contribution in [-0.2, 0) is 7.05 Å². The third-order valence-electron chi connectivity index (χ3n) is 7.25. The predicted octanol–water partition coefficient (Wildman–Crippen LogP) is 7.43. The van der Waals surface area contributed by atoms with Gasteiger partial charge in [-0.15, -0.1) is 0 Å². The van der Waals surface area contributed by atoms with Gasteiger partial charge in [0.2, 0.25) is 0 Å². The zero-order valence-electron chi connectivity index (χ0n) is 18.8. The van der Waals surface area contributed by atoms with Crippen LogP contribution in [0.3, 0.4) is 0 Å². The van der Waals surface area contributed by atoms with Crippen LogP contribution in [0, 0.1) is 0 Å². The smallest absolute Gasteiger partial charge is 0.0492 e. The molecule has 0 N–H and O–H groups in total. The molecule has 0 spiro atoms. The van der Waals surface area contributed by atoms with Crippen molar-refractivity contribution in [3.8, 4) is 22.3 Å². The molecule has 5 aromatic rings. The number of aromatic nitrogens is 1. The van der Waals surface area contributed by atoms with Crippen LogP contribution in [0.2, 0.25) is 0 Å². The molecule has 4 aromatic carbocycles. The molecule has 1 aromatic heterocycles. The number of hydrogen-bond acceptors (Lipinski definition) is 1. The molecule has 1 unspecified atom stereocenters. The van der Waals surface area contributed by atoms with Gasteiger partial charge in [0, 0.05) is 34.9 Å². The molecular formula is C30H28N2. The van der Waals surface area contributed by atoms with Gasteiger partial charge in [-0.3, -0.25) is 4.90 Å². The van der Waals surface area contributed by atoms with Crippen LogP contribution in [0.15, 0.2) is 91.0 Å². The van der Waals surface area contributed by atoms with Crippen LogP contribution in [-0.4, -0.2) is 23.1 Å². The number of benzene rings is 4. The summed E-state index contributed by atoms with van der Waals surface area (Å²) in [6.07, 6.45) is 2.49. The maximum atomic E-state index is 2.52. The Bertz CT molecular complexity index is 1410. The second-order valence-electron chi connectivity index (χ2n) is 9.12. The average Bonchev–Trinajstić information content (AvgIpc) is 3.40. The summed E-state index contributed by atoms with van der Waals surface area (Å²) in [5.74, 6) is 0. The van der Waals surface area contributed by atoms with Crippen molar-refractivity contribution in [3.05, 3.63) is 96.6 Å². The summed E-state index contributed by atoms with van der Waals surface area (Å²) in [5.41, 5.74) is 9.27. The lowest BCUT2D eigenvalue weighted by Gasteiger charge is -2.23. The molecule has 0 amide bonds. The highest BCUT2D eigenvalue weighted by Gasteiger charge is 2.26. The molecule has 1 atom stereocenters. The van der Waals surface area contributed by atoms with Crippen LogP contribution < -0.4 is 0 Å². The fraction of sp³-hybridized carbons (Fsp3) is 0.200. The largest absolute Gasteiger partial charge is 0.344 e. The van der Waals surface area contributed by atoms with Gasteiger partial charge in [-0.2, -0.15) is 0 Å². The van der Waals surface area contributed by atoms with Crippen molar-refractivity contribution in [2.24, 2.45) is 7.05 Å². The molecule has 2 heterocycles. The quantitative estimate of drug-likeness (QED) is 0.297. The average molecular weight is 417 g/mol. The number of aryl methyl sites for hydroxylation is 1. The van der Waals surface area contributed by atoms with Crippen molar-refractivity contribution in [3.63, 3.8) is 0 Å². The van der Waals surface area contributed by atoms with E-state index >= 15 is 0 Å². The van der Waals surface area contributed by atoms with Crippen molar-refractivity contribution in [2.75, 3.05) is 13.6 Å². The molecule has 2 nitrogen and oxygen atoms in total. The number of likely N-dealkylation sites (tertiary alicyclic amines) is 1. The van der Waals surface area contributed by atoms with Crippen LogP contribution >= 0.6 is 0 Å². The summed E-state index contributed by atoms with van der Waals surface area (Å²) < 4.78 is 2.37. The van der Waals surface area contributed by atoms with E-state index in [-0.39, 0.29) is 0 Å². The lowest BCUT2D eigenvalue weighted by molar-refractivity contribution is 0.318. The summed E-state index contributed by atoms with van der Waals surface area (Å²) >= 11 is 0. The molecule has 0 aliphatic carbocycles. The summed E-state index contributed by atoms with van der Waals surface area (Å²) in [6.45, 7) is 1.17. The van der Waals surface area contributed by atoms with E-state index < -0.39 is 0 Å². The summed E-state index contributed by atoms with van der Waals surface area (Å²) in [4.78, 5) is 2.52. The van der Waals surface area contributed by atoms with Crippen molar-refractivity contribution in [2.45, 2.75) is 18.9 Å². The van der Waals surface area contributed by atoms with E-state index in [2.05, 4.69) is 115 Å². The number of rotatable bonds is 3.